The van der Waals surface area contributed by atoms with Gasteiger partial charge in [0.15, 0.2) is 0 Å². The average molecular weight is 526 g/mol. The maximum Gasteiger partial charge on any atom is 0.343 e. The van der Waals surface area contributed by atoms with Gasteiger partial charge in [-0.05, 0) is 80.6 Å². The molecule has 0 spiro atoms. The van der Waals surface area contributed by atoms with Crippen molar-refractivity contribution in [2.45, 2.75) is 13.8 Å². The van der Waals surface area contributed by atoms with Crippen molar-refractivity contribution in [2.24, 2.45) is 5.10 Å². The molecule has 2 N–H and O–H groups in total. The predicted molar refractivity (Wildman–Crippen MR) is 148 cm³/mol. The molecule has 0 fully saturated rings. The van der Waals surface area contributed by atoms with E-state index in [0.29, 0.717) is 33.0 Å². The second kappa shape index (κ2) is 12.0. The van der Waals surface area contributed by atoms with Gasteiger partial charge in [0.1, 0.15) is 5.75 Å². The first-order valence-electron chi connectivity index (χ1n) is 11.7. The molecule has 0 aromatic heterocycles. The second-order valence-corrected chi connectivity index (χ2v) is 8.97. The third-order valence-electron chi connectivity index (χ3n) is 5.52. The van der Waals surface area contributed by atoms with E-state index in [2.05, 4.69) is 15.8 Å². The van der Waals surface area contributed by atoms with Gasteiger partial charge in [-0.25, -0.2) is 10.2 Å². The van der Waals surface area contributed by atoms with E-state index >= 15 is 0 Å². The molecule has 4 rings (SSSR count). The van der Waals surface area contributed by atoms with Gasteiger partial charge in [-0.1, -0.05) is 47.0 Å². The SMILES string of the molecule is Cc1ccc(C(=O)Oc2ccc(Cl)cc2/C=N/NC(=O)c2ccc(NC(=O)c3cccc(C)c3)cc2)cc1. The number of carbonyl (C=O) groups is 3. The maximum absolute atomic E-state index is 12.5. The zero-order valence-electron chi connectivity index (χ0n) is 20.7. The van der Waals surface area contributed by atoms with Crippen molar-refractivity contribution in [3.63, 3.8) is 0 Å². The minimum absolute atomic E-state index is 0.240. The minimum atomic E-state index is -0.527. The molecule has 2 amide bonds. The molecule has 0 heterocycles. The van der Waals surface area contributed by atoms with Crippen LogP contribution in [0.1, 0.15) is 47.8 Å². The number of hydrogen-bond acceptors (Lipinski definition) is 5. The zero-order chi connectivity index (χ0) is 27.1. The van der Waals surface area contributed by atoms with Gasteiger partial charge < -0.3 is 10.1 Å². The summed E-state index contributed by atoms with van der Waals surface area (Å²) in [7, 11) is 0. The number of carbonyl (C=O) groups excluding carboxylic acids is 3. The van der Waals surface area contributed by atoms with Gasteiger partial charge in [-0.2, -0.15) is 5.10 Å². The summed E-state index contributed by atoms with van der Waals surface area (Å²) in [6.07, 6.45) is 1.35. The van der Waals surface area contributed by atoms with Crippen molar-refractivity contribution in [3.05, 3.63) is 129 Å². The van der Waals surface area contributed by atoms with E-state index in [4.69, 9.17) is 16.3 Å². The van der Waals surface area contributed by atoms with Crippen LogP contribution in [0.25, 0.3) is 0 Å². The molecule has 0 saturated carbocycles. The van der Waals surface area contributed by atoms with Crippen molar-refractivity contribution in [2.75, 3.05) is 5.32 Å². The molecule has 0 radical (unpaired) electrons. The van der Waals surface area contributed by atoms with Gasteiger partial charge in [0.05, 0.1) is 11.8 Å². The van der Waals surface area contributed by atoms with E-state index in [1.54, 1.807) is 66.7 Å². The predicted octanol–water partition coefficient (Wildman–Crippen LogP) is 6.19. The quantitative estimate of drug-likeness (QED) is 0.130. The molecule has 0 aliphatic carbocycles. The third kappa shape index (κ3) is 6.93. The number of esters is 1. The summed E-state index contributed by atoms with van der Waals surface area (Å²) in [6, 6.07) is 25.4. The fourth-order valence-electron chi connectivity index (χ4n) is 3.48. The lowest BCUT2D eigenvalue weighted by Gasteiger charge is -2.08. The van der Waals surface area contributed by atoms with Crippen LogP contribution in [0.2, 0.25) is 5.02 Å². The Morgan fingerprint density at radius 1 is 0.763 bits per heavy atom. The van der Waals surface area contributed by atoms with Gasteiger partial charge in [0.2, 0.25) is 0 Å². The summed E-state index contributed by atoms with van der Waals surface area (Å²) in [4.78, 5) is 37.5. The Labute approximate surface area is 225 Å². The van der Waals surface area contributed by atoms with E-state index < -0.39 is 11.9 Å². The van der Waals surface area contributed by atoms with Crippen LogP contribution in [0.4, 0.5) is 5.69 Å². The van der Waals surface area contributed by atoms with Crippen molar-refractivity contribution in [1.29, 1.82) is 0 Å². The molecule has 7 nitrogen and oxygen atoms in total. The normalized spacial score (nSPS) is 10.7. The Kier molecular flexibility index (Phi) is 8.30. The molecular weight excluding hydrogens is 502 g/mol. The topological polar surface area (TPSA) is 96.9 Å². The molecule has 0 saturated heterocycles. The Balaban J connectivity index is 1.38. The summed E-state index contributed by atoms with van der Waals surface area (Å²) in [5.41, 5.74) is 6.70. The summed E-state index contributed by atoms with van der Waals surface area (Å²) in [6.45, 7) is 3.84. The Morgan fingerprint density at radius 3 is 2.18 bits per heavy atom. The third-order valence-corrected chi connectivity index (χ3v) is 5.75. The second-order valence-electron chi connectivity index (χ2n) is 8.54. The van der Waals surface area contributed by atoms with E-state index in [0.717, 1.165) is 11.1 Å². The highest BCUT2D eigenvalue weighted by Gasteiger charge is 2.12. The molecule has 0 bridgehead atoms. The van der Waals surface area contributed by atoms with Crippen LogP contribution >= 0.6 is 11.6 Å². The summed E-state index contributed by atoms with van der Waals surface area (Å²) in [5.74, 6) is -0.985. The van der Waals surface area contributed by atoms with Crippen LogP contribution in [0, 0.1) is 13.8 Å². The fraction of sp³-hybridized carbons (Fsp3) is 0.0667. The van der Waals surface area contributed by atoms with Crippen LogP contribution in [-0.4, -0.2) is 24.0 Å². The molecule has 0 atom stereocenters. The van der Waals surface area contributed by atoms with Gasteiger partial charge in [-0.15, -0.1) is 0 Å². The van der Waals surface area contributed by atoms with E-state index in [1.807, 2.05) is 38.1 Å². The number of halogens is 1. The Hall–Kier alpha value is -4.75. The molecule has 4 aromatic carbocycles. The first-order chi connectivity index (χ1) is 18.3. The van der Waals surface area contributed by atoms with Gasteiger partial charge in [0.25, 0.3) is 11.8 Å². The van der Waals surface area contributed by atoms with E-state index in [-0.39, 0.29) is 11.7 Å². The van der Waals surface area contributed by atoms with Crippen molar-refractivity contribution in [3.8, 4) is 5.75 Å². The fourth-order valence-corrected chi connectivity index (χ4v) is 3.66. The number of rotatable bonds is 7. The minimum Gasteiger partial charge on any atom is -0.422 e. The number of hydrazone groups is 1. The molecule has 8 heteroatoms. The van der Waals surface area contributed by atoms with Crippen LogP contribution in [0.3, 0.4) is 0 Å². The van der Waals surface area contributed by atoms with Crippen LogP contribution < -0.4 is 15.5 Å². The number of anilines is 1. The number of amides is 2. The van der Waals surface area contributed by atoms with Gasteiger partial charge >= 0.3 is 5.97 Å². The van der Waals surface area contributed by atoms with Crippen LogP contribution in [0.5, 0.6) is 5.75 Å². The van der Waals surface area contributed by atoms with Crippen molar-refractivity contribution >= 4 is 41.3 Å². The monoisotopic (exact) mass is 525 g/mol. The molecule has 0 unspecified atom stereocenters. The summed E-state index contributed by atoms with van der Waals surface area (Å²) in [5, 5.41) is 7.20. The molecule has 190 valence electrons. The first-order valence-corrected chi connectivity index (χ1v) is 12.1. The number of hydrogen-bond donors (Lipinski definition) is 2. The molecule has 38 heavy (non-hydrogen) atoms. The van der Waals surface area contributed by atoms with Crippen molar-refractivity contribution in [1.82, 2.24) is 5.43 Å². The van der Waals surface area contributed by atoms with E-state index in [9.17, 15) is 14.4 Å². The summed E-state index contributed by atoms with van der Waals surface area (Å²) < 4.78 is 5.52. The Morgan fingerprint density at radius 2 is 1.47 bits per heavy atom. The maximum atomic E-state index is 12.5. The molecular formula is C30H24ClN3O4. The molecule has 0 aliphatic rings. The lowest BCUT2D eigenvalue weighted by atomic mass is 10.1. The van der Waals surface area contributed by atoms with Crippen LogP contribution in [-0.2, 0) is 0 Å². The number of benzene rings is 4. The number of aryl methyl sites for hydroxylation is 2. The lowest BCUT2D eigenvalue weighted by Crippen LogP contribution is -2.18. The van der Waals surface area contributed by atoms with Crippen molar-refractivity contribution < 1.29 is 19.1 Å². The van der Waals surface area contributed by atoms with Gasteiger partial charge in [-0.3, -0.25) is 9.59 Å². The van der Waals surface area contributed by atoms with Crippen LogP contribution in [0.15, 0.2) is 96.1 Å². The number of ether oxygens (including phenoxy) is 1. The average Bonchev–Trinajstić information content (AvgIpc) is 2.91. The largest absolute Gasteiger partial charge is 0.422 e. The first kappa shape index (κ1) is 26.3. The smallest absolute Gasteiger partial charge is 0.343 e. The Bertz CT molecular complexity index is 1510. The highest BCUT2D eigenvalue weighted by atomic mass is 35.5. The number of nitrogens with zero attached hydrogens (tertiary/aromatic N) is 1. The summed E-state index contributed by atoms with van der Waals surface area (Å²) >= 11 is 6.10. The zero-order valence-corrected chi connectivity index (χ0v) is 21.5. The molecule has 4 aromatic rings. The van der Waals surface area contributed by atoms with E-state index in [1.165, 1.54) is 6.21 Å². The lowest BCUT2D eigenvalue weighted by molar-refractivity contribution is 0.0734. The standard InChI is InChI=1S/C30H24ClN3O4/c1-19-6-8-22(9-7-19)30(37)38-27-15-12-25(31)17-24(27)18-32-34-29(36)21-10-13-26(14-11-21)33-28(35)23-5-3-4-20(2)16-23/h3-18H,1-2H3,(H,33,35)(H,34,36)/b32-18+. The van der Waals surface area contributed by atoms with Gasteiger partial charge in [0, 0.05) is 27.4 Å². The molecule has 0 aliphatic heterocycles. The number of nitrogens with one attached hydrogen (secondary N) is 2. The highest BCUT2D eigenvalue weighted by Crippen LogP contribution is 2.23. The highest BCUT2D eigenvalue weighted by molar-refractivity contribution is 6.31.